The summed E-state index contributed by atoms with van der Waals surface area (Å²) in [6.45, 7) is 4.72. The lowest BCUT2D eigenvalue weighted by atomic mass is 9.92. The normalized spacial score (nSPS) is 22.1. The monoisotopic (exact) mass is 282 g/mol. The molecule has 0 aliphatic carbocycles. The molecule has 0 bridgehead atoms. The summed E-state index contributed by atoms with van der Waals surface area (Å²) >= 11 is 0. The number of piperidine rings is 1. The number of likely N-dealkylation sites (tertiary alicyclic amines) is 1. The molecule has 0 saturated carbocycles. The molecule has 112 valence electrons. The largest absolute Gasteiger partial charge is 0.329 e. The first-order valence-electron chi connectivity index (χ1n) is 7.47. The van der Waals surface area contributed by atoms with E-state index in [1.807, 2.05) is 6.07 Å². The van der Waals surface area contributed by atoms with Crippen LogP contribution in [0.2, 0.25) is 0 Å². The second kappa shape index (κ2) is 7.14. The van der Waals surface area contributed by atoms with Gasteiger partial charge in [0.1, 0.15) is 0 Å². The lowest BCUT2D eigenvalue weighted by molar-refractivity contribution is 0.123. The molecule has 1 saturated heterocycles. The highest BCUT2D eigenvalue weighted by atomic mass is 19.3. The van der Waals surface area contributed by atoms with Crippen molar-refractivity contribution in [2.45, 2.75) is 38.7 Å². The topological polar surface area (TPSA) is 29.3 Å². The molecule has 1 heterocycles. The van der Waals surface area contributed by atoms with Crippen molar-refractivity contribution >= 4 is 0 Å². The molecule has 1 aromatic carbocycles. The second-order valence-electron chi connectivity index (χ2n) is 5.63. The van der Waals surface area contributed by atoms with Crippen LogP contribution >= 0.6 is 0 Å². The van der Waals surface area contributed by atoms with Crippen LogP contribution in [0.3, 0.4) is 0 Å². The van der Waals surface area contributed by atoms with Gasteiger partial charge in [-0.3, -0.25) is 4.90 Å². The van der Waals surface area contributed by atoms with Gasteiger partial charge < -0.3 is 5.73 Å². The van der Waals surface area contributed by atoms with E-state index in [2.05, 4.69) is 11.8 Å². The van der Waals surface area contributed by atoms with Gasteiger partial charge in [-0.1, -0.05) is 31.5 Å². The van der Waals surface area contributed by atoms with Crippen molar-refractivity contribution < 1.29 is 8.78 Å². The molecule has 0 aromatic heterocycles. The van der Waals surface area contributed by atoms with Crippen LogP contribution in [-0.4, -0.2) is 24.5 Å². The third-order valence-corrected chi connectivity index (χ3v) is 4.34. The summed E-state index contributed by atoms with van der Waals surface area (Å²) in [6.07, 6.45) is 1.19. The van der Waals surface area contributed by atoms with E-state index in [4.69, 9.17) is 5.73 Å². The molecule has 20 heavy (non-hydrogen) atoms. The molecule has 0 spiro atoms. The number of alkyl halides is 2. The predicted octanol–water partition coefficient (Wildman–Crippen LogP) is 3.75. The van der Waals surface area contributed by atoms with Crippen LogP contribution in [0.4, 0.5) is 8.78 Å². The Morgan fingerprint density at radius 2 is 2.10 bits per heavy atom. The number of rotatable bonds is 5. The van der Waals surface area contributed by atoms with Crippen molar-refractivity contribution in [2.75, 3.05) is 19.6 Å². The molecular weight excluding hydrogens is 258 g/mol. The van der Waals surface area contributed by atoms with Gasteiger partial charge in [0.2, 0.25) is 0 Å². The van der Waals surface area contributed by atoms with Gasteiger partial charge in [-0.25, -0.2) is 8.78 Å². The fourth-order valence-electron chi connectivity index (χ4n) is 3.11. The van der Waals surface area contributed by atoms with E-state index in [1.165, 1.54) is 25.3 Å². The Bertz CT molecular complexity index is 423. The summed E-state index contributed by atoms with van der Waals surface area (Å²) in [7, 11) is 0. The zero-order chi connectivity index (χ0) is 14.5. The number of benzene rings is 1. The standard InChI is InChI=1S/C16H24F2N2/c1-2-12-5-4-8-20(11-12)15(10-19)13-6-3-7-14(9-13)16(17)18/h3,6-7,9,12,15-16H,2,4-5,8,10-11,19H2,1H3. The number of nitrogens with two attached hydrogens (primary N) is 1. The number of hydrogen-bond acceptors (Lipinski definition) is 2. The highest BCUT2D eigenvalue weighted by molar-refractivity contribution is 5.27. The zero-order valence-corrected chi connectivity index (χ0v) is 12.1. The Morgan fingerprint density at radius 1 is 1.35 bits per heavy atom. The van der Waals surface area contributed by atoms with E-state index in [0.29, 0.717) is 12.5 Å². The molecular formula is C16H24F2N2. The van der Waals surface area contributed by atoms with Gasteiger partial charge in [0.15, 0.2) is 0 Å². The first-order chi connectivity index (χ1) is 9.65. The highest BCUT2D eigenvalue weighted by Crippen LogP contribution is 2.29. The van der Waals surface area contributed by atoms with Crippen molar-refractivity contribution in [1.82, 2.24) is 4.90 Å². The fraction of sp³-hybridized carbons (Fsp3) is 0.625. The Labute approximate surface area is 120 Å². The van der Waals surface area contributed by atoms with Gasteiger partial charge >= 0.3 is 0 Å². The summed E-state index contributed by atoms with van der Waals surface area (Å²) in [5.74, 6) is 0.705. The van der Waals surface area contributed by atoms with Crippen LogP contribution < -0.4 is 5.73 Å². The Balaban J connectivity index is 2.16. The van der Waals surface area contributed by atoms with Gasteiger partial charge in [-0.15, -0.1) is 0 Å². The molecule has 0 radical (unpaired) electrons. The lowest BCUT2D eigenvalue weighted by Crippen LogP contribution is -2.41. The van der Waals surface area contributed by atoms with E-state index in [-0.39, 0.29) is 11.6 Å². The van der Waals surface area contributed by atoms with E-state index in [0.717, 1.165) is 18.7 Å². The summed E-state index contributed by atoms with van der Waals surface area (Å²) < 4.78 is 25.7. The third-order valence-electron chi connectivity index (χ3n) is 4.34. The van der Waals surface area contributed by atoms with E-state index >= 15 is 0 Å². The van der Waals surface area contributed by atoms with Gasteiger partial charge in [0.05, 0.1) is 0 Å². The summed E-state index contributed by atoms with van der Waals surface area (Å²) in [5.41, 5.74) is 6.93. The molecule has 1 aromatic rings. The molecule has 1 aliphatic heterocycles. The maximum absolute atomic E-state index is 12.8. The van der Waals surface area contributed by atoms with Crippen molar-refractivity contribution in [3.05, 3.63) is 35.4 Å². The molecule has 0 amide bonds. The van der Waals surface area contributed by atoms with Crippen LogP contribution in [0, 0.1) is 5.92 Å². The van der Waals surface area contributed by atoms with Crippen LogP contribution in [0.15, 0.2) is 24.3 Å². The zero-order valence-electron chi connectivity index (χ0n) is 12.1. The minimum absolute atomic E-state index is 0.0584. The van der Waals surface area contributed by atoms with Crippen LogP contribution in [-0.2, 0) is 0 Å². The highest BCUT2D eigenvalue weighted by Gasteiger charge is 2.25. The van der Waals surface area contributed by atoms with Crippen molar-refractivity contribution in [2.24, 2.45) is 11.7 Å². The Morgan fingerprint density at radius 3 is 2.75 bits per heavy atom. The summed E-state index contributed by atoms with van der Waals surface area (Å²) in [5, 5.41) is 0. The minimum Gasteiger partial charge on any atom is -0.329 e. The fourth-order valence-corrected chi connectivity index (χ4v) is 3.11. The number of halogens is 2. The number of nitrogens with zero attached hydrogens (tertiary/aromatic N) is 1. The van der Waals surface area contributed by atoms with Crippen LogP contribution in [0.25, 0.3) is 0 Å². The molecule has 1 fully saturated rings. The maximum atomic E-state index is 12.8. The number of hydrogen-bond donors (Lipinski definition) is 1. The summed E-state index contributed by atoms with van der Waals surface area (Å²) in [6, 6.07) is 6.77. The average molecular weight is 282 g/mol. The van der Waals surface area contributed by atoms with Gasteiger partial charge in [-0.05, 0) is 36.9 Å². The smallest absolute Gasteiger partial charge is 0.263 e. The molecule has 2 nitrogen and oxygen atoms in total. The predicted molar refractivity (Wildman–Crippen MR) is 77.8 cm³/mol. The molecule has 4 heteroatoms. The third kappa shape index (κ3) is 3.55. The maximum Gasteiger partial charge on any atom is 0.263 e. The SMILES string of the molecule is CCC1CCCN(C(CN)c2cccc(C(F)F)c2)C1. The molecule has 1 aliphatic rings. The van der Waals surface area contributed by atoms with Crippen molar-refractivity contribution in [3.8, 4) is 0 Å². The molecule has 2 N–H and O–H groups in total. The minimum atomic E-state index is -2.42. The van der Waals surface area contributed by atoms with Crippen LogP contribution in [0.1, 0.15) is 49.8 Å². The lowest BCUT2D eigenvalue weighted by Gasteiger charge is -2.38. The quantitative estimate of drug-likeness (QED) is 0.891. The van der Waals surface area contributed by atoms with Crippen LogP contribution in [0.5, 0.6) is 0 Å². The van der Waals surface area contributed by atoms with E-state index in [1.54, 1.807) is 12.1 Å². The Kier molecular flexibility index (Phi) is 5.49. The van der Waals surface area contributed by atoms with Crippen molar-refractivity contribution in [1.29, 1.82) is 0 Å². The van der Waals surface area contributed by atoms with Gasteiger partial charge in [-0.2, -0.15) is 0 Å². The van der Waals surface area contributed by atoms with Gasteiger partial charge in [0, 0.05) is 24.7 Å². The summed E-state index contributed by atoms with van der Waals surface area (Å²) in [4.78, 5) is 2.36. The average Bonchev–Trinajstić information content (AvgIpc) is 2.48. The first kappa shape index (κ1) is 15.4. The first-order valence-corrected chi connectivity index (χ1v) is 7.47. The Hall–Kier alpha value is -1.00. The van der Waals surface area contributed by atoms with E-state index in [9.17, 15) is 8.78 Å². The van der Waals surface area contributed by atoms with Gasteiger partial charge in [0.25, 0.3) is 6.43 Å². The molecule has 2 unspecified atom stereocenters. The second-order valence-corrected chi connectivity index (χ2v) is 5.63. The van der Waals surface area contributed by atoms with Crippen molar-refractivity contribution in [3.63, 3.8) is 0 Å². The molecule has 2 atom stereocenters. The van der Waals surface area contributed by atoms with E-state index < -0.39 is 6.43 Å². The molecule has 2 rings (SSSR count).